The van der Waals surface area contributed by atoms with Gasteiger partial charge in [-0.25, -0.2) is 4.79 Å². The molecule has 1 atom stereocenters. The Labute approximate surface area is 214 Å². The van der Waals surface area contributed by atoms with Crippen molar-refractivity contribution in [3.05, 3.63) is 88.6 Å². The molecule has 0 unspecified atom stereocenters. The van der Waals surface area contributed by atoms with E-state index in [1.165, 1.54) is 32.1 Å². The molecule has 0 saturated carbocycles. The highest BCUT2D eigenvalue weighted by atomic mass is 32.2. The van der Waals surface area contributed by atoms with E-state index in [2.05, 4.69) is 23.3 Å². The Balaban J connectivity index is 1.98. The zero-order valence-electron chi connectivity index (χ0n) is 20.3. The van der Waals surface area contributed by atoms with Crippen molar-refractivity contribution < 1.29 is 23.8 Å². The van der Waals surface area contributed by atoms with Crippen molar-refractivity contribution in [2.45, 2.75) is 12.8 Å². The van der Waals surface area contributed by atoms with Crippen molar-refractivity contribution in [3.8, 4) is 17.6 Å². The molecule has 36 heavy (non-hydrogen) atoms. The summed E-state index contributed by atoms with van der Waals surface area (Å²) in [5, 5.41) is 16.6. The van der Waals surface area contributed by atoms with E-state index in [4.69, 9.17) is 14.2 Å². The van der Waals surface area contributed by atoms with Crippen molar-refractivity contribution in [1.82, 2.24) is 5.32 Å². The van der Waals surface area contributed by atoms with E-state index < -0.39 is 11.9 Å². The van der Waals surface area contributed by atoms with Crippen LogP contribution < -0.4 is 20.1 Å². The monoisotopic (exact) mass is 505 g/mol. The molecule has 3 rings (SSSR count). The molecule has 1 aliphatic heterocycles. The summed E-state index contributed by atoms with van der Waals surface area (Å²) in [7, 11) is 3.04. The van der Waals surface area contributed by atoms with Crippen LogP contribution in [0, 0.1) is 11.3 Å². The van der Waals surface area contributed by atoms with E-state index in [9.17, 15) is 14.9 Å². The second kappa shape index (κ2) is 12.5. The highest BCUT2D eigenvalue weighted by Crippen LogP contribution is 2.43. The number of hydrogen-bond donors (Lipinski definition) is 2. The third-order valence-corrected chi connectivity index (χ3v) is 6.36. The van der Waals surface area contributed by atoms with E-state index in [-0.39, 0.29) is 23.8 Å². The Morgan fingerprint density at radius 2 is 1.89 bits per heavy atom. The van der Waals surface area contributed by atoms with E-state index in [1.54, 1.807) is 37.3 Å². The molecular weight excluding hydrogens is 478 g/mol. The van der Waals surface area contributed by atoms with Gasteiger partial charge in [-0.15, -0.1) is 0 Å². The third-order valence-electron chi connectivity index (χ3n) is 5.35. The van der Waals surface area contributed by atoms with E-state index in [0.717, 1.165) is 0 Å². The molecule has 2 aromatic carbocycles. The molecule has 186 valence electrons. The molecule has 1 aliphatic rings. The number of methoxy groups -OCH3 is 2. The fraction of sp³-hybridized carbons (Fsp3) is 0.222. The standard InChI is InChI=1S/C27H27N3O5S/c1-5-13-35-27(32)24-17(2)29-26(36-16-23(31)30-19-9-7-6-8-10-19)20(15-28)25(24)18-11-12-21(33-3)22(14-18)34-4/h5-12,14,25,29H,1,13,16H2,2-4H3,(H,30,31)/t25-/m1/s1. The van der Waals surface area contributed by atoms with Crippen LogP contribution in [0.4, 0.5) is 5.69 Å². The van der Waals surface area contributed by atoms with E-state index in [0.29, 0.717) is 39.0 Å². The minimum atomic E-state index is -0.743. The molecule has 0 fully saturated rings. The van der Waals surface area contributed by atoms with Gasteiger partial charge in [0.25, 0.3) is 0 Å². The molecule has 0 saturated heterocycles. The molecule has 0 spiro atoms. The molecular formula is C27H27N3O5S. The predicted octanol–water partition coefficient (Wildman–Crippen LogP) is 4.50. The molecule has 0 aliphatic carbocycles. The largest absolute Gasteiger partial charge is 0.493 e. The number of hydrogen-bond acceptors (Lipinski definition) is 8. The maximum atomic E-state index is 13.0. The van der Waals surface area contributed by atoms with Gasteiger partial charge < -0.3 is 24.8 Å². The first-order chi connectivity index (χ1) is 17.4. The quantitative estimate of drug-likeness (QED) is 0.359. The zero-order chi connectivity index (χ0) is 26.1. The molecule has 9 heteroatoms. The molecule has 1 heterocycles. The van der Waals surface area contributed by atoms with Crippen LogP contribution in [0.25, 0.3) is 0 Å². The number of carbonyl (C=O) groups is 2. The molecule has 8 nitrogen and oxygen atoms in total. The fourth-order valence-corrected chi connectivity index (χ4v) is 4.62. The fourth-order valence-electron chi connectivity index (χ4n) is 3.73. The number of thioether (sulfide) groups is 1. The topological polar surface area (TPSA) is 110 Å². The zero-order valence-corrected chi connectivity index (χ0v) is 21.1. The smallest absolute Gasteiger partial charge is 0.337 e. The normalized spacial score (nSPS) is 14.9. The number of esters is 1. The van der Waals surface area contributed by atoms with Crippen LogP contribution in [0.3, 0.4) is 0 Å². The summed E-state index contributed by atoms with van der Waals surface area (Å²) in [6, 6.07) is 16.6. The number of ether oxygens (including phenoxy) is 3. The molecule has 0 radical (unpaired) electrons. The van der Waals surface area contributed by atoms with Gasteiger partial charge in [-0.2, -0.15) is 5.26 Å². The predicted molar refractivity (Wildman–Crippen MR) is 139 cm³/mol. The number of dihydropyridines is 1. The van der Waals surface area contributed by atoms with Gasteiger partial charge in [0.15, 0.2) is 11.5 Å². The summed E-state index contributed by atoms with van der Waals surface area (Å²) >= 11 is 1.18. The van der Waals surface area contributed by atoms with Crippen molar-refractivity contribution in [3.63, 3.8) is 0 Å². The third kappa shape index (κ3) is 6.09. The summed E-state index contributed by atoms with van der Waals surface area (Å²) in [6.45, 7) is 5.35. The van der Waals surface area contributed by atoms with Crippen LogP contribution in [0.2, 0.25) is 0 Å². The van der Waals surface area contributed by atoms with Crippen LogP contribution in [0.15, 0.2) is 83.1 Å². The van der Waals surface area contributed by atoms with Crippen molar-refractivity contribution >= 4 is 29.3 Å². The number of para-hydroxylation sites is 1. The first-order valence-electron chi connectivity index (χ1n) is 11.0. The molecule has 2 aromatic rings. The maximum Gasteiger partial charge on any atom is 0.337 e. The molecule has 0 bridgehead atoms. The van der Waals surface area contributed by atoms with Crippen LogP contribution >= 0.6 is 11.8 Å². The maximum absolute atomic E-state index is 13.0. The number of nitriles is 1. The van der Waals surface area contributed by atoms with Gasteiger partial charge in [-0.1, -0.05) is 48.7 Å². The number of anilines is 1. The second-order valence-corrected chi connectivity index (χ2v) is 8.64. The lowest BCUT2D eigenvalue weighted by atomic mass is 9.82. The number of nitrogens with zero attached hydrogens (tertiary/aromatic N) is 1. The summed E-state index contributed by atoms with van der Waals surface area (Å²) in [4.78, 5) is 25.6. The van der Waals surface area contributed by atoms with Crippen LogP contribution in [0.1, 0.15) is 18.4 Å². The van der Waals surface area contributed by atoms with Gasteiger partial charge in [0.2, 0.25) is 5.91 Å². The lowest BCUT2D eigenvalue weighted by Crippen LogP contribution is -2.29. The Bertz CT molecular complexity index is 1250. The summed E-state index contributed by atoms with van der Waals surface area (Å²) in [6.07, 6.45) is 1.48. The highest BCUT2D eigenvalue weighted by Gasteiger charge is 2.36. The van der Waals surface area contributed by atoms with Gasteiger partial charge in [0.05, 0.1) is 48.1 Å². The van der Waals surface area contributed by atoms with Gasteiger partial charge in [0, 0.05) is 11.4 Å². The number of allylic oxidation sites excluding steroid dienone is 2. The Hall–Kier alpha value is -4.16. The van der Waals surface area contributed by atoms with Crippen molar-refractivity contribution in [1.29, 1.82) is 5.26 Å². The first kappa shape index (κ1) is 26.4. The molecule has 2 N–H and O–H groups in total. The number of amides is 1. The van der Waals surface area contributed by atoms with Crippen LogP contribution in [-0.2, 0) is 14.3 Å². The molecule has 1 amide bonds. The van der Waals surface area contributed by atoms with Crippen molar-refractivity contribution in [2.75, 3.05) is 31.9 Å². The lowest BCUT2D eigenvalue weighted by molar-refractivity contribution is -0.138. The minimum absolute atomic E-state index is 0.0289. The average Bonchev–Trinajstić information content (AvgIpc) is 2.90. The Morgan fingerprint density at radius 3 is 2.53 bits per heavy atom. The van der Waals surface area contributed by atoms with E-state index in [1.807, 2.05) is 18.2 Å². The number of carbonyl (C=O) groups excluding carboxylic acids is 2. The number of nitrogens with one attached hydrogen (secondary N) is 2. The summed E-state index contributed by atoms with van der Waals surface area (Å²) in [5.74, 6) is -0.505. The van der Waals surface area contributed by atoms with Crippen LogP contribution in [0.5, 0.6) is 11.5 Å². The Morgan fingerprint density at radius 1 is 1.17 bits per heavy atom. The Kier molecular flexibility index (Phi) is 9.19. The van der Waals surface area contributed by atoms with Crippen molar-refractivity contribution in [2.24, 2.45) is 0 Å². The van der Waals surface area contributed by atoms with Gasteiger partial charge in [-0.3, -0.25) is 4.79 Å². The summed E-state index contributed by atoms with van der Waals surface area (Å²) in [5.41, 5.74) is 2.42. The van der Waals surface area contributed by atoms with Gasteiger partial charge in [-0.05, 0) is 36.8 Å². The van der Waals surface area contributed by atoms with Gasteiger partial charge >= 0.3 is 5.97 Å². The molecule has 0 aromatic heterocycles. The SMILES string of the molecule is C=CCOC(=O)C1=C(C)NC(SCC(=O)Nc2ccccc2)=C(C#N)[C@H]1c1ccc(OC)c(OC)c1. The minimum Gasteiger partial charge on any atom is -0.493 e. The van der Waals surface area contributed by atoms with Gasteiger partial charge in [0.1, 0.15) is 6.61 Å². The average molecular weight is 506 g/mol. The second-order valence-electron chi connectivity index (χ2n) is 7.66. The number of rotatable bonds is 10. The number of benzene rings is 2. The van der Waals surface area contributed by atoms with E-state index >= 15 is 0 Å². The summed E-state index contributed by atoms with van der Waals surface area (Å²) < 4.78 is 16.1. The lowest BCUT2D eigenvalue weighted by Gasteiger charge is -2.29. The highest BCUT2D eigenvalue weighted by molar-refractivity contribution is 8.03. The first-order valence-corrected chi connectivity index (χ1v) is 12.0. The van der Waals surface area contributed by atoms with Crippen LogP contribution in [-0.4, -0.2) is 38.5 Å².